The molecular weight excluding hydrogens is 316 g/mol. The van der Waals surface area contributed by atoms with Crippen molar-refractivity contribution < 1.29 is 13.2 Å². The van der Waals surface area contributed by atoms with Crippen molar-refractivity contribution in [3.8, 4) is 0 Å². The molecule has 1 N–H and O–H groups in total. The van der Waals surface area contributed by atoms with E-state index in [0.717, 1.165) is 16.9 Å². The van der Waals surface area contributed by atoms with E-state index in [-0.39, 0.29) is 24.1 Å². The lowest BCUT2D eigenvalue weighted by atomic mass is 10.3. The van der Waals surface area contributed by atoms with Gasteiger partial charge in [0.15, 0.2) is 9.84 Å². The van der Waals surface area contributed by atoms with Crippen molar-refractivity contribution in [1.29, 1.82) is 0 Å². The van der Waals surface area contributed by atoms with Crippen molar-refractivity contribution >= 4 is 26.9 Å². The van der Waals surface area contributed by atoms with Crippen LogP contribution < -0.4 is 5.32 Å². The zero-order valence-electron chi connectivity index (χ0n) is 13.6. The molecule has 126 valence electrons. The summed E-state index contributed by atoms with van der Waals surface area (Å²) in [5, 5.41) is 2.62. The molecule has 0 saturated heterocycles. The molecular formula is C15H22N4O3S. The van der Waals surface area contributed by atoms with E-state index in [0.29, 0.717) is 6.54 Å². The normalized spacial score (nSPS) is 11.6. The summed E-state index contributed by atoms with van der Waals surface area (Å²) in [5.74, 6) is 0.804. The van der Waals surface area contributed by atoms with Gasteiger partial charge in [-0.1, -0.05) is 19.1 Å². The number of imidazole rings is 1. The lowest BCUT2D eigenvalue weighted by Crippen LogP contribution is -2.39. The first-order chi connectivity index (χ1) is 10.8. The molecule has 0 fully saturated rings. The minimum Gasteiger partial charge on any atom is -0.337 e. The molecule has 2 aromatic rings. The predicted molar refractivity (Wildman–Crippen MR) is 89.9 cm³/mol. The van der Waals surface area contributed by atoms with Crippen LogP contribution in [0.2, 0.25) is 0 Å². The fourth-order valence-electron chi connectivity index (χ4n) is 2.21. The molecule has 1 aromatic heterocycles. The van der Waals surface area contributed by atoms with E-state index in [4.69, 9.17) is 0 Å². The third-order valence-electron chi connectivity index (χ3n) is 3.73. The van der Waals surface area contributed by atoms with E-state index >= 15 is 0 Å². The van der Waals surface area contributed by atoms with Crippen LogP contribution in [0.25, 0.3) is 11.0 Å². The van der Waals surface area contributed by atoms with Crippen LogP contribution in [0.5, 0.6) is 0 Å². The number of para-hydroxylation sites is 2. The van der Waals surface area contributed by atoms with Crippen LogP contribution in [0, 0.1) is 0 Å². The highest BCUT2D eigenvalue weighted by atomic mass is 32.2. The van der Waals surface area contributed by atoms with Gasteiger partial charge in [-0.2, -0.15) is 0 Å². The molecule has 1 aromatic carbocycles. The van der Waals surface area contributed by atoms with Crippen molar-refractivity contribution in [2.45, 2.75) is 13.5 Å². The second kappa shape index (κ2) is 6.99. The summed E-state index contributed by atoms with van der Waals surface area (Å²) >= 11 is 0. The smallest absolute Gasteiger partial charge is 0.317 e. The second-order valence-corrected chi connectivity index (χ2v) is 7.87. The Kier molecular flexibility index (Phi) is 5.25. The summed E-state index contributed by atoms with van der Waals surface area (Å²) in [6.07, 6.45) is 0. The Bertz CT molecular complexity index is 798. The molecule has 0 spiro atoms. The van der Waals surface area contributed by atoms with Crippen molar-refractivity contribution in [1.82, 2.24) is 19.8 Å². The average Bonchev–Trinajstić information content (AvgIpc) is 2.83. The number of carbonyl (C=O) groups is 1. The first-order valence-corrected chi connectivity index (χ1v) is 9.26. The van der Waals surface area contributed by atoms with Crippen molar-refractivity contribution in [3.05, 3.63) is 30.1 Å². The average molecular weight is 338 g/mol. The first-order valence-electron chi connectivity index (χ1n) is 7.44. The molecule has 1 heterocycles. The molecule has 2 amide bonds. The van der Waals surface area contributed by atoms with Crippen LogP contribution in [-0.4, -0.2) is 54.0 Å². The molecule has 0 aliphatic rings. The molecule has 0 atom stereocenters. The van der Waals surface area contributed by atoms with Crippen molar-refractivity contribution in [2.24, 2.45) is 7.05 Å². The van der Waals surface area contributed by atoms with Crippen LogP contribution in [0.1, 0.15) is 12.7 Å². The number of urea groups is 1. The van der Waals surface area contributed by atoms with Gasteiger partial charge in [0, 0.05) is 26.4 Å². The summed E-state index contributed by atoms with van der Waals surface area (Å²) in [6, 6.07) is 7.45. The summed E-state index contributed by atoms with van der Waals surface area (Å²) in [7, 11) is 0.489. The van der Waals surface area contributed by atoms with E-state index in [1.165, 1.54) is 4.90 Å². The number of hydrogen-bond acceptors (Lipinski definition) is 4. The Hall–Kier alpha value is -2.09. The summed E-state index contributed by atoms with van der Waals surface area (Å²) in [4.78, 5) is 18.0. The maximum Gasteiger partial charge on any atom is 0.317 e. The minimum atomic E-state index is -3.07. The Morgan fingerprint density at radius 3 is 2.70 bits per heavy atom. The largest absolute Gasteiger partial charge is 0.337 e. The highest BCUT2D eigenvalue weighted by Crippen LogP contribution is 2.15. The Morgan fingerprint density at radius 1 is 1.35 bits per heavy atom. The van der Waals surface area contributed by atoms with Crippen molar-refractivity contribution in [2.75, 3.05) is 25.1 Å². The molecule has 0 unspecified atom stereocenters. The molecule has 0 bridgehead atoms. The van der Waals surface area contributed by atoms with Crippen LogP contribution in [0.4, 0.5) is 4.79 Å². The van der Waals surface area contributed by atoms with Crippen LogP contribution in [0.15, 0.2) is 24.3 Å². The zero-order valence-corrected chi connectivity index (χ0v) is 14.4. The van der Waals surface area contributed by atoms with Crippen LogP contribution >= 0.6 is 0 Å². The van der Waals surface area contributed by atoms with Crippen LogP contribution in [0.3, 0.4) is 0 Å². The highest BCUT2D eigenvalue weighted by molar-refractivity contribution is 7.91. The molecule has 0 radical (unpaired) electrons. The SMILES string of the molecule is CCS(=O)(=O)CCNC(=O)N(C)Cc1nc2ccccc2n1C. The van der Waals surface area contributed by atoms with Gasteiger partial charge in [-0.25, -0.2) is 18.2 Å². The number of nitrogens with one attached hydrogen (secondary N) is 1. The molecule has 0 saturated carbocycles. The number of rotatable bonds is 6. The standard InChI is InChI=1S/C15H22N4O3S/c1-4-23(21,22)10-9-16-15(20)18(2)11-14-17-12-7-5-6-8-13(12)19(14)3/h5-8H,4,9-11H2,1-3H3,(H,16,20). The summed E-state index contributed by atoms with van der Waals surface area (Å²) in [5.41, 5.74) is 1.89. The van der Waals surface area contributed by atoms with Gasteiger partial charge >= 0.3 is 6.03 Å². The van der Waals surface area contributed by atoms with Crippen LogP contribution in [-0.2, 0) is 23.4 Å². The van der Waals surface area contributed by atoms with Gasteiger partial charge in [0.1, 0.15) is 5.82 Å². The molecule has 8 heteroatoms. The quantitative estimate of drug-likeness (QED) is 0.856. The first kappa shape index (κ1) is 17.3. The third kappa shape index (κ3) is 4.22. The number of hydrogen-bond donors (Lipinski definition) is 1. The fourth-order valence-corrected chi connectivity index (χ4v) is 2.92. The number of aryl methyl sites for hydroxylation is 1. The molecule has 23 heavy (non-hydrogen) atoms. The zero-order chi connectivity index (χ0) is 17.0. The maximum absolute atomic E-state index is 12.0. The number of fused-ring (bicyclic) bond motifs is 1. The van der Waals surface area contributed by atoms with E-state index < -0.39 is 9.84 Å². The lowest BCUT2D eigenvalue weighted by molar-refractivity contribution is 0.206. The highest BCUT2D eigenvalue weighted by Gasteiger charge is 2.14. The second-order valence-electron chi connectivity index (χ2n) is 5.40. The molecule has 7 nitrogen and oxygen atoms in total. The fraction of sp³-hybridized carbons (Fsp3) is 0.467. The molecule has 0 aliphatic carbocycles. The van der Waals surface area contributed by atoms with Gasteiger partial charge in [0.05, 0.1) is 23.3 Å². The Balaban J connectivity index is 1.96. The van der Waals surface area contributed by atoms with Gasteiger partial charge in [-0.15, -0.1) is 0 Å². The van der Waals surface area contributed by atoms with E-state index in [1.54, 1.807) is 14.0 Å². The number of sulfone groups is 1. The third-order valence-corrected chi connectivity index (χ3v) is 5.44. The topological polar surface area (TPSA) is 84.3 Å². The van der Waals surface area contributed by atoms with E-state index in [9.17, 15) is 13.2 Å². The van der Waals surface area contributed by atoms with Gasteiger partial charge in [-0.05, 0) is 12.1 Å². The number of benzene rings is 1. The minimum absolute atomic E-state index is 0.0463. The number of carbonyl (C=O) groups excluding carboxylic acids is 1. The number of nitrogens with zero attached hydrogens (tertiary/aromatic N) is 3. The summed E-state index contributed by atoms with van der Waals surface area (Å²) < 4.78 is 24.8. The van der Waals surface area contributed by atoms with Gasteiger partial charge in [0.2, 0.25) is 0 Å². The van der Waals surface area contributed by atoms with Crippen molar-refractivity contribution in [3.63, 3.8) is 0 Å². The lowest BCUT2D eigenvalue weighted by Gasteiger charge is -2.17. The molecule has 0 aliphatic heterocycles. The predicted octanol–water partition coefficient (Wildman–Crippen LogP) is 1.15. The Labute approximate surface area is 136 Å². The van der Waals surface area contributed by atoms with E-state index in [2.05, 4.69) is 10.3 Å². The van der Waals surface area contributed by atoms with Gasteiger partial charge in [-0.3, -0.25) is 0 Å². The number of amides is 2. The maximum atomic E-state index is 12.0. The monoisotopic (exact) mass is 338 g/mol. The van der Waals surface area contributed by atoms with Gasteiger partial charge in [0.25, 0.3) is 0 Å². The van der Waals surface area contributed by atoms with E-state index in [1.807, 2.05) is 35.9 Å². The molecule has 2 rings (SSSR count). The Morgan fingerprint density at radius 2 is 2.04 bits per heavy atom. The van der Waals surface area contributed by atoms with Gasteiger partial charge < -0.3 is 14.8 Å². The number of aromatic nitrogens is 2. The summed E-state index contributed by atoms with van der Waals surface area (Å²) in [6.45, 7) is 2.05.